The summed E-state index contributed by atoms with van der Waals surface area (Å²) < 4.78 is 26.8. The number of halogens is 1. The van der Waals surface area contributed by atoms with Gasteiger partial charge >= 0.3 is 0 Å². The fraction of sp³-hybridized carbons (Fsp3) is 0.625. The minimum Gasteiger partial charge on any atom is -0.398 e. The number of rotatable bonds is 11. The van der Waals surface area contributed by atoms with Gasteiger partial charge in [-0.2, -0.15) is 0 Å². The van der Waals surface area contributed by atoms with Crippen LogP contribution in [-0.4, -0.2) is 15.0 Å². The Hall–Kier alpha value is -0.780. The van der Waals surface area contributed by atoms with Crippen molar-refractivity contribution in [2.24, 2.45) is 0 Å². The number of hydrogen-bond donors (Lipinski definition) is 2. The Kier molecular flexibility index (Phi) is 8.83. The normalized spacial score (nSPS) is 11.7. The lowest BCUT2D eigenvalue weighted by Crippen LogP contribution is -2.24. The van der Waals surface area contributed by atoms with Gasteiger partial charge in [0.05, 0.1) is 15.6 Å². The van der Waals surface area contributed by atoms with E-state index in [9.17, 15) is 8.42 Å². The molecule has 0 fully saturated rings. The van der Waals surface area contributed by atoms with E-state index in [0.717, 1.165) is 12.8 Å². The number of unbranched alkanes of at least 4 members (excludes halogenated alkanes) is 7. The maximum absolute atomic E-state index is 12.1. The molecule has 0 radical (unpaired) electrons. The first kappa shape index (κ1) is 19.3. The lowest BCUT2D eigenvalue weighted by molar-refractivity contribution is 0.559. The van der Waals surface area contributed by atoms with Crippen LogP contribution >= 0.6 is 11.6 Å². The number of sulfonamides is 1. The molecule has 0 atom stereocenters. The van der Waals surface area contributed by atoms with Crippen molar-refractivity contribution in [3.05, 3.63) is 23.2 Å². The predicted octanol–water partition coefficient (Wildman–Crippen LogP) is 4.34. The van der Waals surface area contributed by atoms with Crippen molar-refractivity contribution in [1.29, 1.82) is 0 Å². The summed E-state index contributed by atoms with van der Waals surface area (Å²) in [5.74, 6) is 0. The molecule has 0 saturated carbocycles. The third-order valence-electron chi connectivity index (χ3n) is 3.60. The van der Waals surface area contributed by atoms with Crippen LogP contribution in [0, 0.1) is 0 Å². The van der Waals surface area contributed by atoms with E-state index in [1.807, 2.05) is 0 Å². The van der Waals surface area contributed by atoms with Crippen LogP contribution in [0.3, 0.4) is 0 Å². The van der Waals surface area contributed by atoms with Gasteiger partial charge in [0.2, 0.25) is 10.0 Å². The quantitative estimate of drug-likeness (QED) is 0.462. The van der Waals surface area contributed by atoms with E-state index < -0.39 is 10.0 Å². The highest BCUT2D eigenvalue weighted by atomic mass is 35.5. The zero-order valence-corrected chi connectivity index (χ0v) is 14.8. The minimum absolute atomic E-state index is 0.159. The summed E-state index contributed by atoms with van der Waals surface area (Å²) in [5.41, 5.74) is 5.96. The van der Waals surface area contributed by atoms with Gasteiger partial charge in [-0.15, -0.1) is 0 Å². The Morgan fingerprint density at radius 1 is 1.05 bits per heavy atom. The molecule has 1 aromatic rings. The molecule has 0 amide bonds. The fourth-order valence-corrected chi connectivity index (χ4v) is 3.57. The molecule has 1 aromatic carbocycles. The lowest BCUT2D eigenvalue weighted by Gasteiger charge is -2.08. The van der Waals surface area contributed by atoms with Crippen molar-refractivity contribution in [3.8, 4) is 0 Å². The predicted molar refractivity (Wildman–Crippen MR) is 93.7 cm³/mol. The molecular weight excluding hydrogens is 320 g/mol. The smallest absolute Gasteiger partial charge is 0.240 e. The average molecular weight is 347 g/mol. The molecule has 0 aliphatic rings. The highest BCUT2D eigenvalue weighted by molar-refractivity contribution is 7.89. The van der Waals surface area contributed by atoms with Crippen LogP contribution in [-0.2, 0) is 10.0 Å². The Morgan fingerprint density at radius 2 is 1.64 bits per heavy atom. The van der Waals surface area contributed by atoms with Crippen molar-refractivity contribution >= 4 is 27.3 Å². The van der Waals surface area contributed by atoms with Crippen LogP contribution < -0.4 is 10.5 Å². The molecule has 22 heavy (non-hydrogen) atoms. The van der Waals surface area contributed by atoms with Gasteiger partial charge < -0.3 is 5.73 Å². The molecule has 0 aliphatic heterocycles. The Bertz CT molecular complexity index is 547. The van der Waals surface area contributed by atoms with E-state index in [1.165, 1.54) is 56.7 Å². The van der Waals surface area contributed by atoms with Gasteiger partial charge in [0, 0.05) is 6.54 Å². The largest absolute Gasteiger partial charge is 0.398 e. The van der Waals surface area contributed by atoms with Gasteiger partial charge in [-0.3, -0.25) is 0 Å². The molecule has 0 heterocycles. The van der Waals surface area contributed by atoms with Gasteiger partial charge in [0.25, 0.3) is 0 Å². The maximum Gasteiger partial charge on any atom is 0.240 e. The molecule has 126 valence electrons. The first-order valence-corrected chi connectivity index (χ1v) is 9.88. The minimum atomic E-state index is -3.49. The summed E-state index contributed by atoms with van der Waals surface area (Å²) in [6.45, 7) is 2.67. The monoisotopic (exact) mass is 346 g/mol. The average Bonchev–Trinajstić information content (AvgIpc) is 2.48. The van der Waals surface area contributed by atoms with Crippen molar-refractivity contribution in [1.82, 2.24) is 4.72 Å². The second kappa shape index (κ2) is 10.1. The van der Waals surface area contributed by atoms with Gasteiger partial charge in [-0.25, -0.2) is 13.1 Å². The summed E-state index contributed by atoms with van der Waals surface area (Å²) in [6, 6.07) is 4.36. The molecule has 6 heteroatoms. The van der Waals surface area contributed by atoms with E-state index in [0.29, 0.717) is 12.2 Å². The summed E-state index contributed by atoms with van der Waals surface area (Å²) in [5, 5.41) is 0.259. The first-order valence-electron chi connectivity index (χ1n) is 8.02. The van der Waals surface area contributed by atoms with Crippen LogP contribution in [0.5, 0.6) is 0 Å². The maximum atomic E-state index is 12.1. The van der Waals surface area contributed by atoms with Gasteiger partial charge in [-0.1, -0.05) is 63.5 Å². The summed E-state index contributed by atoms with van der Waals surface area (Å²) in [6.07, 6.45) is 9.47. The zero-order valence-electron chi connectivity index (χ0n) is 13.3. The number of benzene rings is 1. The molecule has 0 unspecified atom stereocenters. The van der Waals surface area contributed by atoms with Crippen molar-refractivity contribution in [2.45, 2.75) is 63.2 Å². The summed E-state index contributed by atoms with van der Waals surface area (Å²) in [7, 11) is -3.49. The zero-order chi connectivity index (χ0) is 16.4. The van der Waals surface area contributed by atoms with E-state index >= 15 is 0 Å². The van der Waals surface area contributed by atoms with Crippen LogP contribution in [0.2, 0.25) is 5.02 Å². The lowest BCUT2D eigenvalue weighted by atomic mass is 10.1. The van der Waals surface area contributed by atoms with Crippen LogP contribution in [0.15, 0.2) is 23.1 Å². The molecule has 4 nitrogen and oxygen atoms in total. The molecule has 0 aromatic heterocycles. The number of nitrogens with one attached hydrogen (secondary N) is 1. The van der Waals surface area contributed by atoms with E-state index in [4.69, 9.17) is 17.3 Å². The van der Waals surface area contributed by atoms with Crippen LogP contribution in [0.4, 0.5) is 5.69 Å². The van der Waals surface area contributed by atoms with Crippen molar-refractivity contribution in [2.75, 3.05) is 12.3 Å². The number of nitrogens with two attached hydrogens (primary N) is 1. The topological polar surface area (TPSA) is 72.2 Å². The molecule has 0 aliphatic carbocycles. The third-order valence-corrected chi connectivity index (χ3v) is 5.39. The number of nitrogen functional groups attached to an aromatic ring is 1. The molecule has 0 bridgehead atoms. The van der Waals surface area contributed by atoms with Crippen molar-refractivity contribution in [3.63, 3.8) is 0 Å². The fourth-order valence-electron chi connectivity index (χ4n) is 2.22. The number of hydrogen-bond acceptors (Lipinski definition) is 3. The first-order chi connectivity index (χ1) is 10.5. The SMILES string of the molecule is CCCCCCCCCCNS(=O)(=O)c1ccc(N)c(Cl)c1. The van der Waals surface area contributed by atoms with Gasteiger partial charge in [-0.05, 0) is 24.6 Å². The standard InChI is InChI=1S/C16H27ClN2O2S/c1-2-3-4-5-6-7-8-9-12-19-22(20,21)14-10-11-16(18)15(17)13-14/h10-11,13,19H,2-9,12,18H2,1H3. The Balaban J connectivity index is 2.24. The van der Waals surface area contributed by atoms with E-state index in [-0.39, 0.29) is 9.92 Å². The van der Waals surface area contributed by atoms with Crippen LogP contribution in [0.1, 0.15) is 58.3 Å². The highest BCUT2D eigenvalue weighted by Gasteiger charge is 2.14. The third kappa shape index (κ3) is 6.99. The molecule has 1 rings (SSSR count). The second-order valence-electron chi connectivity index (χ2n) is 5.56. The van der Waals surface area contributed by atoms with E-state index in [1.54, 1.807) is 0 Å². The van der Waals surface area contributed by atoms with Gasteiger partial charge in [0.1, 0.15) is 0 Å². The Labute approximate surface area is 139 Å². The van der Waals surface area contributed by atoms with Crippen LogP contribution in [0.25, 0.3) is 0 Å². The Morgan fingerprint density at radius 3 is 2.23 bits per heavy atom. The van der Waals surface area contributed by atoms with E-state index in [2.05, 4.69) is 11.6 Å². The van der Waals surface area contributed by atoms with Crippen molar-refractivity contribution < 1.29 is 8.42 Å². The molecule has 0 spiro atoms. The summed E-state index contributed by atoms with van der Waals surface area (Å²) >= 11 is 5.86. The number of anilines is 1. The second-order valence-corrected chi connectivity index (χ2v) is 7.73. The summed E-state index contributed by atoms with van der Waals surface area (Å²) in [4.78, 5) is 0.159. The molecule has 0 saturated heterocycles. The van der Waals surface area contributed by atoms with Gasteiger partial charge in [0.15, 0.2) is 0 Å². The molecule has 3 N–H and O–H groups in total. The highest BCUT2D eigenvalue weighted by Crippen LogP contribution is 2.22. The molecular formula is C16H27ClN2O2S.